The lowest BCUT2D eigenvalue weighted by Crippen LogP contribution is -2.18. The smallest absolute Gasteiger partial charge is 0.261 e. The van der Waals surface area contributed by atoms with Crippen LogP contribution >= 0.6 is 0 Å². The Kier molecular flexibility index (Phi) is 4.11. The molecule has 0 aliphatic carbocycles. The first kappa shape index (κ1) is 12.8. The summed E-state index contributed by atoms with van der Waals surface area (Å²) in [6.07, 6.45) is 2.38. The van der Waals surface area contributed by atoms with Crippen LogP contribution in [0.1, 0.15) is 31.5 Å². The predicted octanol–water partition coefficient (Wildman–Crippen LogP) is 1.93. The van der Waals surface area contributed by atoms with E-state index in [1.807, 2.05) is 19.9 Å². The van der Waals surface area contributed by atoms with E-state index < -0.39 is 0 Å². The fraction of sp³-hybridized carbons (Fsp3) is 0.500. The Morgan fingerprint density at radius 1 is 1.44 bits per heavy atom. The Morgan fingerprint density at radius 2 is 2.28 bits per heavy atom. The van der Waals surface area contributed by atoms with Crippen molar-refractivity contribution in [3.05, 3.63) is 23.9 Å². The Balaban J connectivity index is 2.15. The second-order valence-electron chi connectivity index (χ2n) is 3.83. The summed E-state index contributed by atoms with van der Waals surface area (Å²) in [5, 5.41) is 3.87. The molecule has 6 heteroatoms. The van der Waals surface area contributed by atoms with Crippen molar-refractivity contribution in [1.29, 1.82) is 0 Å². The van der Waals surface area contributed by atoms with Gasteiger partial charge in [-0.1, -0.05) is 12.1 Å². The molecule has 98 valence electrons. The number of aromatic nitrogens is 2. The van der Waals surface area contributed by atoms with Gasteiger partial charge in [-0.15, -0.1) is 0 Å². The molecular weight excluding hydrogens is 234 g/mol. The minimum absolute atomic E-state index is 0.376. The van der Waals surface area contributed by atoms with Crippen LogP contribution in [0.15, 0.2) is 21.3 Å². The second kappa shape index (κ2) is 5.79. The topological polar surface area (TPSA) is 87.3 Å². The van der Waals surface area contributed by atoms with Crippen molar-refractivity contribution in [3.8, 4) is 11.5 Å². The number of nitrogens with zero attached hydrogens (tertiary/aromatic N) is 2. The molecule has 0 amide bonds. The van der Waals surface area contributed by atoms with Crippen LogP contribution in [0.2, 0.25) is 0 Å². The van der Waals surface area contributed by atoms with Crippen LogP contribution in [0.5, 0.6) is 0 Å². The highest BCUT2D eigenvalue weighted by molar-refractivity contribution is 5.55. The quantitative estimate of drug-likeness (QED) is 0.844. The molecule has 6 nitrogen and oxygen atoms in total. The molecule has 0 aliphatic rings. The number of rotatable bonds is 6. The SMILES string of the molecule is CCOCC(N)c1noc(-c2ccoc2CC)n1. The standard InChI is InChI=1S/C12H17N3O3/c1-3-10-8(5-6-17-10)12-14-11(15-18-12)9(13)7-16-4-2/h5-6,9H,3-4,7,13H2,1-2H3. The lowest BCUT2D eigenvalue weighted by Gasteiger charge is -2.05. The Labute approximate surface area is 105 Å². The summed E-state index contributed by atoms with van der Waals surface area (Å²) in [5.74, 6) is 1.70. The zero-order valence-corrected chi connectivity index (χ0v) is 10.5. The lowest BCUT2D eigenvalue weighted by atomic mass is 10.2. The average Bonchev–Trinajstić information content (AvgIpc) is 3.02. The van der Waals surface area contributed by atoms with Crippen molar-refractivity contribution in [3.63, 3.8) is 0 Å². The van der Waals surface area contributed by atoms with Gasteiger partial charge in [-0.3, -0.25) is 0 Å². The van der Waals surface area contributed by atoms with Gasteiger partial charge in [-0.05, 0) is 13.0 Å². The van der Waals surface area contributed by atoms with Gasteiger partial charge in [0.25, 0.3) is 5.89 Å². The van der Waals surface area contributed by atoms with Crippen molar-refractivity contribution in [2.24, 2.45) is 5.73 Å². The monoisotopic (exact) mass is 251 g/mol. The van der Waals surface area contributed by atoms with Gasteiger partial charge in [0.05, 0.1) is 24.5 Å². The molecule has 2 aromatic rings. The zero-order valence-electron chi connectivity index (χ0n) is 10.5. The third kappa shape index (κ3) is 2.60. The summed E-state index contributed by atoms with van der Waals surface area (Å²) >= 11 is 0. The molecule has 2 aromatic heterocycles. The second-order valence-corrected chi connectivity index (χ2v) is 3.83. The first-order chi connectivity index (χ1) is 8.76. The van der Waals surface area contributed by atoms with Crippen LogP contribution in [-0.4, -0.2) is 23.4 Å². The molecule has 18 heavy (non-hydrogen) atoms. The molecule has 0 aliphatic heterocycles. The molecule has 0 spiro atoms. The first-order valence-electron chi connectivity index (χ1n) is 5.99. The molecule has 0 aromatic carbocycles. The minimum atomic E-state index is -0.376. The van der Waals surface area contributed by atoms with E-state index in [2.05, 4.69) is 10.1 Å². The van der Waals surface area contributed by atoms with E-state index in [9.17, 15) is 0 Å². The third-order valence-electron chi connectivity index (χ3n) is 2.57. The van der Waals surface area contributed by atoms with E-state index in [0.717, 1.165) is 17.7 Å². The molecule has 1 unspecified atom stereocenters. The number of hydrogen-bond donors (Lipinski definition) is 1. The predicted molar refractivity (Wildman–Crippen MR) is 64.8 cm³/mol. The summed E-state index contributed by atoms with van der Waals surface area (Å²) in [6.45, 7) is 4.90. The highest BCUT2D eigenvalue weighted by Crippen LogP contribution is 2.24. The van der Waals surface area contributed by atoms with Gasteiger partial charge in [0.2, 0.25) is 0 Å². The van der Waals surface area contributed by atoms with Crippen molar-refractivity contribution >= 4 is 0 Å². The number of nitrogens with two attached hydrogens (primary N) is 1. The molecular formula is C12H17N3O3. The molecule has 0 saturated heterocycles. The number of hydrogen-bond acceptors (Lipinski definition) is 6. The fourth-order valence-corrected chi connectivity index (χ4v) is 1.62. The lowest BCUT2D eigenvalue weighted by molar-refractivity contribution is 0.130. The van der Waals surface area contributed by atoms with Crippen LogP contribution in [0, 0.1) is 0 Å². The maximum Gasteiger partial charge on any atom is 0.261 e. The molecule has 2 N–H and O–H groups in total. The van der Waals surface area contributed by atoms with Crippen LogP contribution in [0.4, 0.5) is 0 Å². The van der Waals surface area contributed by atoms with E-state index in [1.165, 1.54) is 0 Å². The molecule has 0 saturated carbocycles. The van der Waals surface area contributed by atoms with Crippen LogP contribution in [0.25, 0.3) is 11.5 Å². The van der Waals surface area contributed by atoms with Gasteiger partial charge < -0.3 is 19.4 Å². The Bertz CT molecular complexity index is 492. The van der Waals surface area contributed by atoms with Gasteiger partial charge in [-0.2, -0.15) is 4.98 Å². The fourth-order valence-electron chi connectivity index (χ4n) is 1.62. The van der Waals surface area contributed by atoms with Crippen molar-refractivity contribution in [2.75, 3.05) is 13.2 Å². The molecule has 0 radical (unpaired) electrons. The summed E-state index contributed by atoms with van der Waals surface area (Å²) < 4.78 is 15.7. The largest absolute Gasteiger partial charge is 0.469 e. The van der Waals surface area contributed by atoms with E-state index in [-0.39, 0.29) is 6.04 Å². The van der Waals surface area contributed by atoms with E-state index in [1.54, 1.807) is 6.26 Å². The van der Waals surface area contributed by atoms with Gasteiger partial charge in [0.15, 0.2) is 5.82 Å². The van der Waals surface area contributed by atoms with Gasteiger partial charge >= 0.3 is 0 Å². The maximum absolute atomic E-state index is 5.88. The number of aryl methyl sites for hydroxylation is 1. The van der Waals surface area contributed by atoms with E-state index >= 15 is 0 Å². The number of furan rings is 1. The Morgan fingerprint density at radius 3 is 3.00 bits per heavy atom. The summed E-state index contributed by atoms with van der Waals surface area (Å²) in [5.41, 5.74) is 6.70. The molecule has 2 heterocycles. The highest BCUT2D eigenvalue weighted by atomic mass is 16.5. The van der Waals surface area contributed by atoms with Crippen molar-refractivity contribution in [2.45, 2.75) is 26.3 Å². The maximum atomic E-state index is 5.88. The molecule has 0 bridgehead atoms. The summed E-state index contributed by atoms with van der Waals surface area (Å²) in [4.78, 5) is 4.27. The van der Waals surface area contributed by atoms with Gasteiger partial charge in [-0.25, -0.2) is 0 Å². The van der Waals surface area contributed by atoms with Gasteiger partial charge in [0.1, 0.15) is 5.76 Å². The van der Waals surface area contributed by atoms with Crippen molar-refractivity contribution in [1.82, 2.24) is 10.1 Å². The van der Waals surface area contributed by atoms with Crippen molar-refractivity contribution < 1.29 is 13.7 Å². The van der Waals surface area contributed by atoms with Crippen LogP contribution < -0.4 is 5.73 Å². The zero-order chi connectivity index (χ0) is 13.0. The van der Waals surface area contributed by atoms with Crippen LogP contribution in [0.3, 0.4) is 0 Å². The summed E-state index contributed by atoms with van der Waals surface area (Å²) in [7, 11) is 0. The number of ether oxygens (including phenoxy) is 1. The van der Waals surface area contributed by atoms with E-state index in [0.29, 0.717) is 24.9 Å². The third-order valence-corrected chi connectivity index (χ3v) is 2.57. The average molecular weight is 251 g/mol. The normalized spacial score (nSPS) is 12.8. The Hall–Kier alpha value is -1.66. The molecule has 1 atom stereocenters. The van der Waals surface area contributed by atoms with E-state index in [4.69, 9.17) is 19.4 Å². The molecule has 2 rings (SSSR count). The summed E-state index contributed by atoms with van der Waals surface area (Å²) in [6, 6.07) is 1.43. The molecule has 0 fully saturated rings. The van der Waals surface area contributed by atoms with Gasteiger partial charge in [0, 0.05) is 13.0 Å². The first-order valence-corrected chi connectivity index (χ1v) is 5.99. The minimum Gasteiger partial charge on any atom is -0.469 e. The highest BCUT2D eigenvalue weighted by Gasteiger charge is 2.18. The van der Waals surface area contributed by atoms with Crippen LogP contribution in [-0.2, 0) is 11.2 Å².